The fourth-order valence-corrected chi connectivity index (χ4v) is 4.05. The summed E-state index contributed by atoms with van der Waals surface area (Å²) >= 11 is 0. The van der Waals surface area contributed by atoms with Gasteiger partial charge in [-0.3, -0.25) is 4.57 Å². The van der Waals surface area contributed by atoms with E-state index in [9.17, 15) is 9.67 Å². The first-order valence-electron chi connectivity index (χ1n) is 7.10. The summed E-state index contributed by atoms with van der Waals surface area (Å²) in [6.45, 7) is 0. The minimum Gasteiger partial charge on any atom is -0.391 e. The van der Waals surface area contributed by atoms with Crippen LogP contribution in [0, 0.1) is 5.92 Å². The average Bonchev–Trinajstić information content (AvgIpc) is 2.85. The molecule has 23 heavy (non-hydrogen) atoms. The summed E-state index contributed by atoms with van der Waals surface area (Å²) in [6, 6.07) is -0.314. The molecule has 0 bridgehead atoms. The molecule has 0 radical (unpaired) electrons. The van der Waals surface area contributed by atoms with Gasteiger partial charge in [-0.05, 0) is 6.42 Å². The molecule has 0 aliphatic heterocycles. The monoisotopic (exact) mass is 341 g/mol. The highest BCUT2D eigenvalue weighted by molar-refractivity contribution is 7.51. The van der Waals surface area contributed by atoms with E-state index in [0.717, 1.165) is 0 Å². The molecule has 4 atom stereocenters. The molecule has 11 heteroatoms. The van der Waals surface area contributed by atoms with Gasteiger partial charge in [0.15, 0.2) is 11.5 Å². The standard InChI is InChI=1S/C12H16N5O5P/c13-10-8-11(15-3-14-10)17(4-16-8)9-6-1-12(6,2-7(9)18)22-5-23(19,20)21/h3-4,6-7,9,18H,1-2,5H2,(H2,13,14,15)(H2,19,20,21)/t6-,7+,9-,12-/m1/s1. The van der Waals surface area contributed by atoms with Gasteiger partial charge < -0.3 is 29.9 Å². The van der Waals surface area contributed by atoms with Gasteiger partial charge in [-0.15, -0.1) is 0 Å². The largest absolute Gasteiger partial charge is 0.391 e. The lowest BCUT2D eigenvalue weighted by molar-refractivity contribution is 0.0296. The molecule has 2 aliphatic carbocycles. The average molecular weight is 341 g/mol. The first kappa shape index (κ1) is 15.0. The van der Waals surface area contributed by atoms with Crippen LogP contribution in [-0.2, 0) is 9.30 Å². The molecular weight excluding hydrogens is 325 g/mol. The Balaban J connectivity index is 1.63. The highest BCUT2D eigenvalue weighted by atomic mass is 31.2. The van der Waals surface area contributed by atoms with E-state index >= 15 is 0 Å². The number of nitrogens with zero attached hydrogens (tertiary/aromatic N) is 4. The van der Waals surface area contributed by atoms with E-state index in [-0.39, 0.29) is 17.8 Å². The highest BCUT2D eigenvalue weighted by Gasteiger charge is 2.67. The van der Waals surface area contributed by atoms with E-state index in [1.165, 1.54) is 6.33 Å². The topological polar surface area (TPSA) is 157 Å². The Morgan fingerprint density at radius 2 is 2.17 bits per heavy atom. The van der Waals surface area contributed by atoms with Crippen molar-refractivity contribution in [1.82, 2.24) is 19.5 Å². The van der Waals surface area contributed by atoms with E-state index in [0.29, 0.717) is 24.0 Å². The Morgan fingerprint density at radius 3 is 2.91 bits per heavy atom. The Labute approximate surface area is 130 Å². The van der Waals surface area contributed by atoms with Crippen molar-refractivity contribution in [3.05, 3.63) is 12.7 Å². The van der Waals surface area contributed by atoms with Crippen LogP contribution in [0.5, 0.6) is 0 Å². The molecule has 10 nitrogen and oxygen atoms in total. The fourth-order valence-electron chi connectivity index (χ4n) is 3.63. The minimum absolute atomic E-state index is 0.0439. The molecule has 2 fully saturated rings. The fraction of sp³-hybridized carbons (Fsp3) is 0.583. The highest BCUT2D eigenvalue weighted by Crippen LogP contribution is 2.64. The lowest BCUT2D eigenvalue weighted by Gasteiger charge is -2.19. The van der Waals surface area contributed by atoms with Crippen LogP contribution in [0.3, 0.4) is 0 Å². The van der Waals surface area contributed by atoms with Crippen LogP contribution in [0.1, 0.15) is 18.9 Å². The predicted octanol–water partition coefficient (Wildman–Crippen LogP) is -0.375. The Bertz CT molecular complexity index is 821. The number of anilines is 1. The van der Waals surface area contributed by atoms with E-state index in [1.807, 2.05) is 0 Å². The molecule has 4 rings (SSSR count). The summed E-state index contributed by atoms with van der Waals surface area (Å²) in [6.07, 6.45) is 2.50. The van der Waals surface area contributed by atoms with Gasteiger partial charge in [-0.2, -0.15) is 0 Å². The van der Waals surface area contributed by atoms with Gasteiger partial charge >= 0.3 is 7.60 Å². The van der Waals surface area contributed by atoms with Crippen molar-refractivity contribution in [3.63, 3.8) is 0 Å². The molecule has 0 spiro atoms. The number of aromatic nitrogens is 4. The van der Waals surface area contributed by atoms with Crippen molar-refractivity contribution < 1.29 is 24.2 Å². The maximum absolute atomic E-state index is 11.0. The Hall–Kier alpha value is -1.58. The molecule has 2 aliphatic rings. The number of imidazole rings is 1. The predicted molar refractivity (Wildman–Crippen MR) is 78.2 cm³/mol. The quantitative estimate of drug-likeness (QED) is 0.544. The molecule has 2 aromatic rings. The third-order valence-corrected chi connectivity index (χ3v) is 5.14. The third kappa shape index (κ3) is 2.34. The zero-order valence-electron chi connectivity index (χ0n) is 12.0. The van der Waals surface area contributed by atoms with Crippen molar-refractivity contribution in [2.45, 2.75) is 30.6 Å². The van der Waals surface area contributed by atoms with E-state index in [4.69, 9.17) is 20.3 Å². The molecule has 0 amide bonds. The number of fused-ring (bicyclic) bond motifs is 2. The van der Waals surface area contributed by atoms with Crippen LogP contribution >= 0.6 is 7.60 Å². The van der Waals surface area contributed by atoms with Gasteiger partial charge in [-0.1, -0.05) is 0 Å². The summed E-state index contributed by atoms with van der Waals surface area (Å²) in [5, 5.41) is 10.4. The number of ether oxygens (including phenoxy) is 1. The van der Waals surface area contributed by atoms with Crippen LogP contribution in [-0.4, -0.2) is 52.5 Å². The van der Waals surface area contributed by atoms with Crippen LogP contribution in [0.2, 0.25) is 0 Å². The SMILES string of the molecule is Nc1ncnc2c1ncn2[C@@H]1[C@H]2C[C@@]2(OCP(=O)(O)O)C[C@@H]1O. The number of nitrogens with two attached hydrogens (primary N) is 1. The smallest absolute Gasteiger partial charge is 0.351 e. The zero-order chi connectivity index (χ0) is 16.4. The van der Waals surface area contributed by atoms with Crippen LogP contribution in [0.4, 0.5) is 5.82 Å². The second-order valence-corrected chi connectivity index (χ2v) is 7.75. The summed E-state index contributed by atoms with van der Waals surface area (Å²) in [5.74, 6) is 0.221. The molecule has 0 unspecified atom stereocenters. The number of aliphatic hydroxyl groups is 1. The second-order valence-electron chi connectivity index (χ2n) is 6.16. The molecule has 2 aromatic heterocycles. The van der Waals surface area contributed by atoms with E-state index in [1.54, 1.807) is 10.9 Å². The van der Waals surface area contributed by atoms with Crippen LogP contribution < -0.4 is 5.73 Å². The van der Waals surface area contributed by atoms with Gasteiger partial charge in [0.1, 0.15) is 18.2 Å². The maximum Gasteiger partial charge on any atom is 0.351 e. The molecule has 0 aromatic carbocycles. The normalized spacial score (nSPS) is 33.1. The van der Waals surface area contributed by atoms with Gasteiger partial charge in [0.05, 0.1) is 24.1 Å². The van der Waals surface area contributed by atoms with Crippen molar-refractivity contribution in [3.8, 4) is 0 Å². The lowest BCUT2D eigenvalue weighted by atomic mass is 10.1. The van der Waals surface area contributed by atoms with E-state index in [2.05, 4.69) is 15.0 Å². The van der Waals surface area contributed by atoms with Gasteiger partial charge in [-0.25, -0.2) is 15.0 Å². The molecular formula is C12H16N5O5P. The molecule has 5 N–H and O–H groups in total. The van der Waals surface area contributed by atoms with E-state index < -0.39 is 25.6 Å². The summed E-state index contributed by atoms with van der Waals surface area (Å²) < 4.78 is 18.2. The van der Waals surface area contributed by atoms with Gasteiger partial charge in [0.2, 0.25) is 0 Å². The first-order chi connectivity index (χ1) is 10.8. The number of aliphatic hydroxyl groups excluding tert-OH is 1. The van der Waals surface area contributed by atoms with Gasteiger partial charge in [0.25, 0.3) is 0 Å². The summed E-state index contributed by atoms with van der Waals surface area (Å²) in [5.41, 5.74) is 6.08. The Morgan fingerprint density at radius 1 is 1.39 bits per heavy atom. The zero-order valence-corrected chi connectivity index (χ0v) is 12.9. The molecule has 2 heterocycles. The van der Waals surface area contributed by atoms with Crippen LogP contribution in [0.25, 0.3) is 11.2 Å². The minimum atomic E-state index is -4.24. The summed E-state index contributed by atoms with van der Waals surface area (Å²) in [7, 11) is -4.24. The number of hydrogen-bond acceptors (Lipinski definition) is 7. The lowest BCUT2D eigenvalue weighted by Crippen LogP contribution is -2.22. The number of hydrogen-bond donors (Lipinski definition) is 4. The Kier molecular flexibility index (Phi) is 3.07. The summed E-state index contributed by atoms with van der Waals surface area (Å²) in [4.78, 5) is 30.2. The molecule has 124 valence electrons. The van der Waals surface area contributed by atoms with Crippen LogP contribution in [0.15, 0.2) is 12.7 Å². The maximum atomic E-state index is 11.0. The second kappa shape index (κ2) is 4.71. The van der Waals surface area contributed by atoms with Crippen molar-refractivity contribution in [2.24, 2.45) is 5.92 Å². The van der Waals surface area contributed by atoms with Crippen molar-refractivity contribution in [2.75, 3.05) is 12.1 Å². The first-order valence-corrected chi connectivity index (χ1v) is 8.90. The van der Waals surface area contributed by atoms with Crippen molar-refractivity contribution in [1.29, 1.82) is 0 Å². The molecule has 0 saturated heterocycles. The van der Waals surface area contributed by atoms with Gasteiger partial charge in [0, 0.05) is 12.3 Å². The number of nitrogen functional groups attached to an aromatic ring is 1. The number of rotatable bonds is 4. The molecule has 2 saturated carbocycles. The third-order valence-electron chi connectivity index (χ3n) is 4.67. The van der Waals surface area contributed by atoms with Crippen molar-refractivity contribution >= 4 is 24.6 Å².